The van der Waals surface area contributed by atoms with E-state index in [1.54, 1.807) is 14.2 Å². The van der Waals surface area contributed by atoms with Crippen molar-refractivity contribution < 1.29 is 23.0 Å². The number of methoxy groups -OCH3 is 1. The average Bonchev–Trinajstić information content (AvgIpc) is 3.40. The predicted octanol–water partition coefficient (Wildman–Crippen LogP) is 2.22. The number of aromatic nitrogens is 2. The molecule has 1 saturated carbocycles. The highest BCUT2D eigenvalue weighted by Gasteiger charge is 2.46. The van der Waals surface area contributed by atoms with Crippen LogP contribution in [0.3, 0.4) is 0 Å². The normalized spacial score (nSPS) is 18.8. The smallest absolute Gasteiger partial charge is 0.282 e. The number of carbonyl (C=O) groups excluding carboxylic acids is 1. The van der Waals surface area contributed by atoms with Crippen LogP contribution in [0.15, 0.2) is 6.20 Å². The fraction of sp³-hybridized carbons (Fsp3) is 0.722. The number of likely N-dealkylation sites (N-methyl/N-ethyl adjacent to an activating group) is 1. The molecule has 1 aliphatic carbocycles. The topological polar surface area (TPSA) is 67.8 Å². The van der Waals surface area contributed by atoms with Crippen LogP contribution in [-0.4, -0.2) is 72.7 Å². The maximum atomic E-state index is 13.2. The zero-order chi connectivity index (χ0) is 19.8. The van der Waals surface area contributed by atoms with E-state index in [2.05, 4.69) is 9.97 Å². The summed E-state index contributed by atoms with van der Waals surface area (Å²) in [5.41, 5.74) is -0.427. The highest BCUT2D eigenvalue weighted by Crippen LogP contribution is 2.36. The van der Waals surface area contributed by atoms with Gasteiger partial charge in [0.1, 0.15) is 0 Å². The minimum atomic E-state index is -2.73. The zero-order valence-corrected chi connectivity index (χ0v) is 16.2. The SMILES string of the molecule is COCC(C)(C)N(C)C(=O)c1cnc(N2CC(F)(F)C2)c(OCC2CC2)n1. The minimum Gasteiger partial charge on any atom is -0.475 e. The summed E-state index contributed by atoms with van der Waals surface area (Å²) >= 11 is 0. The van der Waals surface area contributed by atoms with Crippen LogP contribution in [0.5, 0.6) is 5.88 Å². The summed E-state index contributed by atoms with van der Waals surface area (Å²) in [5, 5.41) is 0. The van der Waals surface area contributed by atoms with E-state index < -0.39 is 24.6 Å². The van der Waals surface area contributed by atoms with Crippen LogP contribution in [0.25, 0.3) is 0 Å². The molecule has 1 aromatic heterocycles. The maximum absolute atomic E-state index is 13.2. The Balaban J connectivity index is 1.81. The van der Waals surface area contributed by atoms with Gasteiger partial charge in [-0.15, -0.1) is 0 Å². The Morgan fingerprint density at radius 2 is 2.07 bits per heavy atom. The molecule has 9 heteroatoms. The molecule has 2 fully saturated rings. The van der Waals surface area contributed by atoms with Gasteiger partial charge in [-0.05, 0) is 32.6 Å². The highest BCUT2D eigenvalue weighted by molar-refractivity contribution is 5.92. The molecule has 150 valence electrons. The summed E-state index contributed by atoms with van der Waals surface area (Å²) in [6.07, 6.45) is 3.48. The van der Waals surface area contributed by atoms with Crippen LogP contribution < -0.4 is 9.64 Å². The van der Waals surface area contributed by atoms with Gasteiger partial charge in [-0.3, -0.25) is 4.79 Å². The average molecular weight is 384 g/mol. The van der Waals surface area contributed by atoms with Crippen molar-refractivity contribution in [1.82, 2.24) is 14.9 Å². The molecule has 7 nitrogen and oxygen atoms in total. The molecule has 1 aliphatic heterocycles. The molecule has 1 saturated heterocycles. The second-order valence-electron chi connectivity index (χ2n) is 7.96. The van der Waals surface area contributed by atoms with Crippen molar-refractivity contribution in [2.75, 3.05) is 45.4 Å². The molecule has 0 unspecified atom stereocenters. The number of hydrogen-bond donors (Lipinski definition) is 0. The molecule has 27 heavy (non-hydrogen) atoms. The van der Waals surface area contributed by atoms with Gasteiger partial charge in [0, 0.05) is 14.2 Å². The molecule has 2 aliphatic rings. The van der Waals surface area contributed by atoms with Crippen molar-refractivity contribution in [1.29, 1.82) is 0 Å². The largest absolute Gasteiger partial charge is 0.475 e. The van der Waals surface area contributed by atoms with Gasteiger partial charge in [-0.2, -0.15) is 0 Å². The first kappa shape index (κ1) is 19.7. The van der Waals surface area contributed by atoms with E-state index in [0.29, 0.717) is 19.1 Å². The Labute approximate surface area is 157 Å². The van der Waals surface area contributed by atoms with Gasteiger partial charge in [-0.25, -0.2) is 18.7 Å². The predicted molar refractivity (Wildman–Crippen MR) is 95.5 cm³/mol. The Kier molecular flexibility index (Phi) is 5.24. The van der Waals surface area contributed by atoms with Crippen LogP contribution in [0.1, 0.15) is 37.2 Å². The van der Waals surface area contributed by atoms with Crippen LogP contribution in [-0.2, 0) is 4.74 Å². The quantitative estimate of drug-likeness (QED) is 0.685. The van der Waals surface area contributed by atoms with Gasteiger partial charge in [0.15, 0.2) is 11.5 Å². The fourth-order valence-corrected chi connectivity index (χ4v) is 2.82. The lowest BCUT2D eigenvalue weighted by Crippen LogP contribution is -2.56. The zero-order valence-electron chi connectivity index (χ0n) is 16.2. The summed E-state index contributed by atoms with van der Waals surface area (Å²) in [6.45, 7) is 3.72. The van der Waals surface area contributed by atoms with Gasteiger partial charge in [0.2, 0.25) is 0 Å². The third-order valence-corrected chi connectivity index (χ3v) is 4.95. The molecular formula is C18H26F2N4O3. The third kappa shape index (κ3) is 4.45. The molecule has 3 rings (SSSR count). The Hall–Kier alpha value is -2.03. The van der Waals surface area contributed by atoms with E-state index in [9.17, 15) is 13.6 Å². The molecule has 1 aromatic rings. The molecule has 1 amide bonds. The summed E-state index contributed by atoms with van der Waals surface area (Å²) in [5.74, 6) is -2.20. The summed E-state index contributed by atoms with van der Waals surface area (Å²) in [4.78, 5) is 24.3. The second-order valence-corrected chi connectivity index (χ2v) is 7.96. The van der Waals surface area contributed by atoms with Crippen LogP contribution in [0, 0.1) is 5.92 Å². The van der Waals surface area contributed by atoms with Crippen molar-refractivity contribution >= 4 is 11.7 Å². The van der Waals surface area contributed by atoms with Crippen LogP contribution in [0.2, 0.25) is 0 Å². The number of hydrogen-bond acceptors (Lipinski definition) is 6. The monoisotopic (exact) mass is 384 g/mol. The Morgan fingerprint density at radius 1 is 1.41 bits per heavy atom. The second kappa shape index (κ2) is 7.18. The summed E-state index contributed by atoms with van der Waals surface area (Å²) < 4.78 is 37.4. The van der Waals surface area contributed by atoms with Crippen molar-refractivity contribution in [3.8, 4) is 5.88 Å². The molecule has 0 spiro atoms. The lowest BCUT2D eigenvalue weighted by atomic mass is 10.0. The van der Waals surface area contributed by atoms with Gasteiger partial charge in [0.25, 0.3) is 17.7 Å². The van der Waals surface area contributed by atoms with Gasteiger partial charge in [-0.1, -0.05) is 0 Å². The molecule has 0 aromatic carbocycles. The van der Waals surface area contributed by atoms with Crippen LogP contribution in [0.4, 0.5) is 14.6 Å². The van der Waals surface area contributed by atoms with E-state index in [1.807, 2.05) is 13.8 Å². The Morgan fingerprint density at radius 3 is 2.63 bits per heavy atom. The van der Waals surface area contributed by atoms with Crippen molar-refractivity contribution in [3.05, 3.63) is 11.9 Å². The minimum absolute atomic E-state index is 0.114. The number of rotatable bonds is 8. The number of anilines is 1. The number of nitrogens with zero attached hydrogens (tertiary/aromatic N) is 4. The van der Waals surface area contributed by atoms with Gasteiger partial charge < -0.3 is 19.3 Å². The van der Waals surface area contributed by atoms with Crippen molar-refractivity contribution in [2.45, 2.75) is 38.2 Å². The van der Waals surface area contributed by atoms with E-state index in [4.69, 9.17) is 9.47 Å². The van der Waals surface area contributed by atoms with Crippen molar-refractivity contribution in [2.24, 2.45) is 5.92 Å². The third-order valence-electron chi connectivity index (χ3n) is 4.95. The Bertz CT molecular complexity index is 702. The molecular weight excluding hydrogens is 358 g/mol. The first-order valence-corrected chi connectivity index (χ1v) is 9.03. The number of ether oxygens (including phenoxy) is 2. The number of halogens is 2. The van der Waals surface area contributed by atoms with E-state index in [1.165, 1.54) is 16.0 Å². The molecule has 2 heterocycles. The number of amides is 1. The maximum Gasteiger partial charge on any atom is 0.282 e. The van der Waals surface area contributed by atoms with E-state index in [-0.39, 0.29) is 23.3 Å². The number of carbonyl (C=O) groups is 1. The molecule has 0 bridgehead atoms. The standard InChI is InChI=1S/C18H26F2N4O3/c1-17(2,11-26-4)23(3)16(25)13-7-21-14(24-9-18(19,20)10-24)15(22-13)27-8-12-5-6-12/h7,12H,5-6,8-11H2,1-4H3. The van der Waals surface area contributed by atoms with Gasteiger partial charge in [0.05, 0.1) is 38.0 Å². The van der Waals surface area contributed by atoms with Gasteiger partial charge >= 0.3 is 0 Å². The lowest BCUT2D eigenvalue weighted by Gasteiger charge is -2.39. The lowest BCUT2D eigenvalue weighted by molar-refractivity contribution is -0.0270. The van der Waals surface area contributed by atoms with Crippen LogP contribution >= 0.6 is 0 Å². The summed E-state index contributed by atoms with van der Waals surface area (Å²) in [7, 11) is 3.24. The first-order chi connectivity index (χ1) is 12.6. The molecule has 0 N–H and O–H groups in total. The van der Waals surface area contributed by atoms with E-state index >= 15 is 0 Å². The molecule has 0 atom stereocenters. The summed E-state index contributed by atoms with van der Waals surface area (Å²) in [6, 6.07) is 0. The highest BCUT2D eigenvalue weighted by atomic mass is 19.3. The van der Waals surface area contributed by atoms with E-state index in [0.717, 1.165) is 12.8 Å². The first-order valence-electron chi connectivity index (χ1n) is 9.03. The molecule has 0 radical (unpaired) electrons. The van der Waals surface area contributed by atoms with Crippen molar-refractivity contribution in [3.63, 3.8) is 0 Å². The fourth-order valence-electron chi connectivity index (χ4n) is 2.82. The number of alkyl halides is 2.